The van der Waals surface area contributed by atoms with Crippen molar-refractivity contribution in [3.05, 3.63) is 35.9 Å². The summed E-state index contributed by atoms with van der Waals surface area (Å²) in [7, 11) is 0. The predicted molar refractivity (Wildman–Crippen MR) is 71.9 cm³/mol. The highest BCUT2D eigenvalue weighted by atomic mass is 15.3. The monoisotopic (exact) mass is 233 g/mol. The SMILES string of the molecule is CCN1CCN(C(CN)c2ccccc2)CC1. The van der Waals surface area contributed by atoms with Crippen LogP contribution in [0.25, 0.3) is 0 Å². The number of hydrogen-bond acceptors (Lipinski definition) is 3. The van der Waals surface area contributed by atoms with E-state index in [1.165, 1.54) is 18.7 Å². The van der Waals surface area contributed by atoms with Crippen LogP contribution in [0, 0.1) is 0 Å². The average molecular weight is 233 g/mol. The van der Waals surface area contributed by atoms with Crippen molar-refractivity contribution in [2.45, 2.75) is 13.0 Å². The molecule has 1 aromatic rings. The van der Waals surface area contributed by atoms with Gasteiger partial charge in [0.05, 0.1) is 0 Å². The van der Waals surface area contributed by atoms with E-state index in [2.05, 4.69) is 47.1 Å². The van der Waals surface area contributed by atoms with E-state index in [4.69, 9.17) is 5.73 Å². The first-order chi connectivity index (χ1) is 8.35. The first-order valence-corrected chi connectivity index (χ1v) is 6.56. The molecule has 94 valence electrons. The fourth-order valence-electron chi connectivity index (χ4n) is 2.56. The third-order valence-electron chi connectivity index (χ3n) is 3.70. The summed E-state index contributed by atoms with van der Waals surface area (Å²) in [5.74, 6) is 0. The maximum absolute atomic E-state index is 5.95. The van der Waals surface area contributed by atoms with E-state index >= 15 is 0 Å². The van der Waals surface area contributed by atoms with Crippen LogP contribution in [0.15, 0.2) is 30.3 Å². The standard InChI is InChI=1S/C14H23N3/c1-2-16-8-10-17(11-9-16)14(12-15)13-6-4-3-5-7-13/h3-7,14H,2,8-12,15H2,1H3. The van der Waals surface area contributed by atoms with Gasteiger partial charge in [0.25, 0.3) is 0 Å². The minimum atomic E-state index is 0.384. The lowest BCUT2D eigenvalue weighted by Gasteiger charge is -2.38. The lowest BCUT2D eigenvalue weighted by molar-refractivity contribution is 0.102. The predicted octanol–water partition coefficient (Wildman–Crippen LogP) is 1.32. The smallest absolute Gasteiger partial charge is 0.0471 e. The molecule has 0 aromatic heterocycles. The number of benzene rings is 1. The largest absolute Gasteiger partial charge is 0.329 e. The minimum absolute atomic E-state index is 0.384. The van der Waals surface area contributed by atoms with Crippen molar-refractivity contribution in [3.8, 4) is 0 Å². The molecule has 1 aliphatic rings. The summed E-state index contributed by atoms with van der Waals surface area (Å²) in [6.45, 7) is 8.69. The van der Waals surface area contributed by atoms with Crippen LogP contribution in [0.3, 0.4) is 0 Å². The first kappa shape index (κ1) is 12.6. The Hall–Kier alpha value is -0.900. The molecule has 1 unspecified atom stereocenters. The second-order valence-electron chi connectivity index (χ2n) is 4.63. The molecule has 0 radical (unpaired) electrons. The van der Waals surface area contributed by atoms with Gasteiger partial charge in [-0.25, -0.2) is 0 Å². The Balaban J connectivity index is 2.00. The molecular formula is C14H23N3. The Morgan fingerprint density at radius 2 is 1.76 bits per heavy atom. The van der Waals surface area contributed by atoms with Gasteiger partial charge < -0.3 is 10.6 Å². The van der Waals surface area contributed by atoms with Crippen molar-refractivity contribution in [3.63, 3.8) is 0 Å². The van der Waals surface area contributed by atoms with Crippen molar-refractivity contribution < 1.29 is 0 Å². The number of hydrogen-bond donors (Lipinski definition) is 1. The highest BCUT2D eigenvalue weighted by molar-refractivity contribution is 5.19. The number of likely N-dealkylation sites (N-methyl/N-ethyl adjacent to an activating group) is 1. The Morgan fingerprint density at radius 3 is 2.29 bits per heavy atom. The summed E-state index contributed by atoms with van der Waals surface area (Å²) in [5.41, 5.74) is 7.29. The van der Waals surface area contributed by atoms with Crippen molar-refractivity contribution in [1.29, 1.82) is 0 Å². The number of rotatable bonds is 4. The van der Waals surface area contributed by atoms with E-state index in [9.17, 15) is 0 Å². The number of nitrogens with two attached hydrogens (primary N) is 1. The molecule has 0 bridgehead atoms. The molecule has 17 heavy (non-hydrogen) atoms. The molecule has 1 aromatic carbocycles. The molecule has 0 aliphatic carbocycles. The van der Waals surface area contributed by atoms with E-state index < -0.39 is 0 Å². The zero-order valence-electron chi connectivity index (χ0n) is 10.7. The molecule has 1 fully saturated rings. The fourth-order valence-corrected chi connectivity index (χ4v) is 2.56. The van der Waals surface area contributed by atoms with E-state index in [0.717, 1.165) is 19.6 Å². The van der Waals surface area contributed by atoms with E-state index in [0.29, 0.717) is 12.6 Å². The first-order valence-electron chi connectivity index (χ1n) is 6.56. The quantitative estimate of drug-likeness (QED) is 0.851. The molecule has 3 heteroatoms. The highest BCUT2D eigenvalue weighted by Crippen LogP contribution is 2.20. The molecule has 1 saturated heterocycles. The van der Waals surface area contributed by atoms with Gasteiger partial charge in [0.15, 0.2) is 0 Å². The Kier molecular flexibility index (Phi) is 4.54. The third-order valence-corrected chi connectivity index (χ3v) is 3.70. The van der Waals surface area contributed by atoms with Crippen LogP contribution in [-0.4, -0.2) is 49.1 Å². The number of nitrogens with zero attached hydrogens (tertiary/aromatic N) is 2. The van der Waals surface area contributed by atoms with Gasteiger partial charge >= 0.3 is 0 Å². The van der Waals surface area contributed by atoms with Gasteiger partial charge in [-0.15, -0.1) is 0 Å². The molecule has 0 saturated carbocycles. The molecule has 1 atom stereocenters. The van der Waals surface area contributed by atoms with Gasteiger partial charge in [-0.3, -0.25) is 4.90 Å². The summed E-state index contributed by atoms with van der Waals surface area (Å²) in [4.78, 5) is 5.01. The van der Waals surface area contributed by atoms with Crippen LogP contribution in [-0.2, 0) is 0 Å². The van der Waals surface area contributed by atoms with E-state index in [1.54, 1.807) is 0 Å². The molecular weight excluding hydrogens is 210 g/mol. The highest BCUT2D eigenvalue weighted by Gasteiger charge is 2.23. The molecule has 0 spiro atoms. The maximum Gasteiger partial charge on any atom is 0.0471 e. The zero-order valence-corrected chi connectivity index (χ0v) is 10.7. The molecule has 2 N–H and O–H groups in total. The van der Waals surface area contributed by atoms with E-state index in [1.807, 2.05) is 0 Å². The van der Waals surface area contributed by atoms with Gasteiger partial charge in [-0.2, -0.15) is 0 Å². The summed E-state index contributed by atoms with van der Waals surface area (Å²) < 4.78 is 0. The average Bonchev–Trinajstić information content (AvgIpc) is 2.42. The van der Waals surface area contributed by atoms with Crippen LogP contribution in [0.5, 0.6) is 0 Å². The van der Waals surface area contributed by atoms with Gasteiger partial charge in [-0.05, 0) is 12.1 Å². The van der Waals surface area contributed by atoms with Gasteiger partial charge in [0.2, 0.25) is 0 Å². The topological polar surface area (TPSA) is 32.5 Å². The Labute approximate surface area is 104 Å². The normalized spacial score (nSPS) is 20.4. The van der Waals surface area contributed by atoms with Crippen LogP contribution in [0.1, 0.15) is 18.5 Å². The zero-order chi connectivity index (χ0) is 12.1. The molecule has 3 nitrogen and oxygen atoms in total. The molecule has 1 aliphatic heterocycles. The third kappa shape index (κ3) is 3.06. The van der Waals surface area contributed by atoms with Crippen molar-refractivity contribution in [1.82, 2.24) is 9.80 Å². The molecule has 1 heterocycles. The lowest BCUT2D eigenvalue weighted by Crippen LogP contribution is -2.48. The van der Waals surface area contributed by atoms with Crippen LogP contribution in [0.4, 0.5) is 0 Å². The molecule has 0 amide bonds. The lowest BCUT2D eigenvalue weighted by atomic mass is 10.0. The Bertz CT molecular complexity index is 317. The minimum Gasteiger partial charge on any atom is -0.329 e. The van der Waals surface area contributed by atoms with Crippen molar-refractivity contribution >= 4 is 0 Å². The summed E-state index contributed by atoms with van der Waals surface area (Å²) >= 11 is 0. The van der Waals surface area contributed by atoms with Crippen LogP contribution < -0.4 is 5.73 Å². The van der Waals surface area contributed by atoms with Gasteiger partial charge in [0, 0.05) is 38.8 Å². The van der Waals surface area contributed by atoms with Gasteiger partial charge in [0.1, 0.15) is 0 Å². The fraction of sp³-hybridized carbons (Fsp3) is 0.571. The van der Waals surface area contributed by atoms with Crippen molar-refractivity contribution in [2.75, 3.05) is 39.3 Å². The van der Waals surface area contributed by atoms with E-state index in [-0.39, 0.29) is 0 Å². The summed E-state index contributed by atoms with van der Waals surface area (Å²) in [6.07, 6.45) is 0. The van der Waals surface area contributed by atoms with Crippen molar-refractivity contribution in [2.24, 2.45) is 5.73 Å². The summed E-state index contributed by atoms with van der Waals surface area (Å²) in [6, 6.07) is 11.0. The Morgan fingerprint density at radius 1 is 1.12 bits per heavy atom. The maximum atomic E-state index is 5.95. The second-order valence-corrected chi connectivity index (χ2v) is 4.63. The van der Waals surface area contributed by atoms with Gasteiger partial charge in [-0.1, -0.05) is 37.3 Å². The van der Waals surface area contributed by atoms with Crippen LogP contribution in [0.2, 0.25) is 0 Å². The second kappa shape index (κ2) is 6.15. The number of piperazine rings is 1. The molecule has 2 rings (SSSR count). The summed E-state index contributed by atoms with van der Waals surface area (Å²) in [5, 5.41) is 0. The van der Waals surface area contributed by atoms with Crippen LogP contribution >= 0.6 is 0 Å².